The monoisotopic (exact) mass is 179 g/mol. The van der Waals surface area contributed by atoms with Crippen LogP contribution < -0.4 is 4.74 Å². The summed E-state index contributed by atoms with van der Waals surface area (Å²) < 4.78 is 4.93. The zero-order chi connectivity index (χ0) is 9.10. The Bertz CT molecular complexity index is 269. The fraction of sp³-hybridized carbons (Fsp3) is 0.556. The van der Waals surface area contributed by atoms with E-state index in [1.807, 2.05) is 12.1 Å². The van der Waals surface area contributed by atoms with Crippen LogP contribution in [0, 0.1) is 0 Å². The summed E-state index contributed by atoms with van der Waals surface area (Å²) >= 11 is 0. The van der Waals surface area contributed by atoms with Crippen LogP contribution in [0.1, 0.15) is 12.1 Å². The number of methoxy groups -OCH3 is 1. The molecule has 0 radical (unpaired) electrons. The number of nitrogens with zero attached hydrogens (tertiary/aromatic N) is 3. The van der Waals surface area contributed by atoms with Crippen LogP contribution in [-0.2, 0) is 6.54 Å². The molecule has 0 aliphatic carbocycles. The number of aromatic nitrogens is 2. The minimum absolute atomic E-state index is 0.576. The first-order valence-electron chi connectivity index (χ1n) is 4.47. The van der Waals surface area contributed by atoms with E-state index >= 15 is 0 Å². The average Bonchev–Trinajstić information content (AvgIpc) is 2.12. The van der Waals surface area contributed by atoms with Crippen molar-refractivity contribution in [1.82, 2.24) is 15.1 Å². The van der Waals surface area contributed by atoms with E-state index < -0.39 is 0 Å². The van der Waals surface area contributed by atoms with Gasteiger partial charge in [0.05, 0.1) is 12.8 Å². The summed E-state index contributed by atoms with van der Waals surface area (Å²) in [5, 5.41) is 7.96. The third-order valence-electron chi connectivity index (χ3n) is 2.24. The van der Waals surface area contributed by atoms with Gasteiger partial charge < -0.3 is 4.74 Å². The molecule has 0 aromatic carbocycles. The van der Waals surface area contributed by atoms with Crippen LogP contribution in [0.25, 0.3) is 0 Å². The molecule has 0 N–H and O–H groups in total. The highest BCUT2D eigenvalue weighted by atomic mass is 16.5. The molecular formula is C9H13N3O. The summed E-state index contributed by atoms with van der Waals surface area (Å²) in [6, 6.07) is 3.81. The van der Waals surface area contributed by atoms with Crippen LogP contribution in [0.5, 0.6) is 5.88 Å². The summed E-state index contributed by atoms with van der Waals surface area (Å²) in [6.07, 6.45) is 1.31. The van der Waals surface area contributed by atoms with Crippen molar-refractivity contribution in [3.05, 3.63) is 17.8 Å². The van der Waals surface area contributed by atoms with Crippen LogP contribution >= 0.6 is 0 Å². The maximum atomic E-state index is 4.93. The second-order valence-corrected chi connectivity index (χ2v) is 3.20. The smallest absolute Gasteiger partial charge is 0.233 e. The Labute approximate surface area is 77.5 Å². The molecule has 13 heavy (non-hydrogen) atoms. The molecule has 0 saturated carbocycles. The minimum Gasteiger partial charge on any atom is -0.480 e. The van der Waals surface area contributed by atoms with Gasteiger partial charge in [0, 0.05) is 12.6 Å². The van der Waals surface area contributed by atoms with Crippen molar-refractivity contribution in [2.24, 2.45) is 0 Å². The van der Waals surface area contributed by atoms with Crippen LogP contribution in [0.15, 0.2) is 12.1 Å². The molecule has 0 amide bonds. The molecule has 1 fully saturated rings. The summed E-state index contributed by atoms with van der Waals surface area (Å²) in [4.78, 5) is 2.34. The second kappa shape index (κ2) is 3.70. The van der Waals surface area contributed by atoms with Gasteiger partial charge in [0.15, 0.2) is 0 Å². The molecule has 4 heteroatoms. The van der Waals surface area contributed by atoms with E-state index in [2.05, 4.69) is 15.1 Å². The van der Waals surface area contributed by atoms with Gasteiger partial charge in [0.25, 0.3) is 0 Å². The normalized spacial score (nSPS) is 16.7. The molecule has 1 aromatic heterocycles. The lowest BCUT2D eigenvalue weighted by Gasteiger charge is -2.29. The Balaban J connectivity index is 1.96. The Morgan fingerprint density at radius 1 is 1.38 bits per heavy atom. The van der Waals surface area contributed by atoms with Gasteiger partial charge in [-0.25, -0.2) is 0 Å². The molecule has 2 heterocycles. The highest BCUT2D eigenvalue weighted by Gasteiger charge is 2.14. The maximum Gasteiger partial charge on any atom is 0.233 e. The van der Waals surface area contributed by atoms with E-state index in [-0.39, 0.29) is 0 Å². The van der Waals surface area contributed by atoms with Crippen LogP contribution in [0.4, 0.5) is 0 Å². The van der Waals surface area contributed by atoms with Gasteiger partial charge in [-0.15, -0.1) is 5.10 Å². The number of hydrogen-bond acceptors (Lipinski definition) is 4. The molecule has 1 saturated heterocycles. The fourth-order valence-electron chi connectivity index (χ4n) is 1.31. The zero-order valence-electron chi connectivity index (χ0n) is 7.73. The van der Waals surface area contributed by atoms with Crippen LogP contribution in [-0.4, -0.2) is 35.3 Å². The summed E-state index contributed by atoms with van der Waals surface area (Å²) in [6.45, 7) is 3.29. The lowest BCUT2D eigenvalue weighted by molar-refractivity contribution is 0.169. The molecule has 2 rings (SSSR count). The molecule has 1 aliphatic heterocycles. The summed E-state index contributed by atoms with van der Waals surface area (Å²) in [5.74, 6) is 0.576. The van der Waals surface area contributed by atoms with Gasteiger partial charge in [0.1, 0.15) is 0 Å². The van der Waals surface area contributed by atoms with Crippen molar-refractivity contribution in [3.63, 3.8) is 0 Å². The van der Waals surface area contributed by atoms with Gasteiger partial charge in [0.2, 0.25) is 5.88 Å². The molecule has 4 nitrogen and oxygen atoms in total. The van der Waals surface area contributed by atoms with Gasteiger partial charge in [-0.05, 0) is 25.6 Å². The molecule has 0 atom stereocenters. The molecule has 0 spiro atoms. The quantitative estimate of drug-likeness (QED) is 0.684. The summed E-state index contributed by atoms with van der Waals surface area (Å²) in [7, 11) is 1.60. The number of rotatable bonds is 3. The Kier molecular flexibility index (Phi) is 2.40. The lowest BCUT2D eigenvalue weighted by Crippen LogP contribution is -2.36. The minimum atomic E-state index is 0.576. The van der Waals surface area contributed by atoms with Crippen molar-refractivity contribution < 1.29 is 4.74 Å². The number of ether oxygens (including phenoxy) is 1. The average molecular weight is 179 g/mol. The maximum absolute atomic E-state index is 4.93. The predicted octanol–water partition coefficient (Wildman–Crippen LogP) is 0.691. The molecule has 0 unspecified atom stereocenters. The zero-order valence-corrected chi connectivity index (χ0v) is 7.73. The van der Waals surface area contributed by atoms with Gasteiger partial charge in [-0.2, -0.15) is 5.10 Å². The van der Waals surface area contributed by atoms with E-state index in [4.69, 9.17) is 4.74 Å². The molecule has 0 bridgehead atoms. The third-order valence-corrected chi connectivity index (χ3v) is 2.24. The van der Waals surface area contributed by atoms with E-state index in [1.165, 1.54) is 19.5 Å². The van der Waals surface area contributed by atoms with Gasteiger partial charge in [-0.1, -0.05) is 0 Å². The van der Waals surface area contributed by atoms with Gasteiger partial charge in [-0.3, -0.25) is 4.90 Å². The number of hydrogen-bond donors (Lipinski definition) is 0. The van der Waals surface area contributed by atoms with E-state index in [1.54, 1.807) is 7.11 Å². The van der Waals surface area contributed by atoms with E-state index in [0.717, 1.165) is 12.2 Å². The predicted molar refractivity (Wildman–Crippen MR) is 48.5 cm³/mol. The van der Waals surface area contributed by atoms with E-state index in [0.29, 0.717) is 5.88 Å². The first-order chi connectivity index (χ1) is 6.38. The third kappa shape index (κ3) is 1.95. The van der Waals surface area contributed by atoms with Crippen molar-refractivity contribution in [3.8, 4) is 5.88 Å². The lowest BCUT2D eigenvalue weighted by atomic mass is 10.2. The van der Waals surface area contributed by atoms with Crippen LogP contribution in [0.2, 0.25) is 0 Å². The van der Waals surface area contributed by atoms with Crippen molar-refractivity contribution in [1.29, 1.82) is 0 Å². The van der Waals surface area contributed by atoms with Crippen LogP contribution in [0.3, 0.4) is 0 Å². The molecule has 1 aromatic rings. The van der Waals surface area contributed by atoms with Crippen molar-refractivity contribution in [2.45, 2.75) is 13.0 Å². The Hall–Kier alpha value is -1.16. The highest BCUT2D eigenvalue weighted by Crippen LogP contribution is 2.11. The van der Waals surface area contributed by atoms with Crippen molar-refractivity contribution >= 4 is 0 Å². The standard InChI is InChI=1S/C9H13N3O/c1-13-9-4-3-8(10-11-9)7-12-5-2-6-12/h3-4H,2,5-7H2,1H3. The molecular weight excluding hydrogens is 166 g/mol. The topological polar surface area (TPSA) is 38.2 Å². The Morgan fingerprint density at radius 2 is 2.23 bits per heavy atom. The molecule has 70 valence electrons. The first-order valence-corrected chi connectivity index (χ1v) is 4.47. The Morgan fingerprint density at radius 3 is 2.69 bits per heavy atom. The number of likely N-dealkylation sites (tertiary alicyclic amines) is 1. The summed E-state index contributed by atoms with van der Waals surface area (Å²) in [5.41, 5.74) is 1.01. The molecule has 1 aliphatic rings. The first kappa shape index (κ1) is 8.44. The highest BCUT2D eigenvalue weighted by molar-refractivity contribution is 5.11. The largest absolute Gasteiger partial charge is 0.480 e. The fourth-order valence-corrected chi connectivity index (χ4v) is 1.31. The SMILES string of the molecule is COc1ccc(CN2CCC2)nn1. The second-order valence-electron chi connectivity index (χ2n) is 3.20. The van der Waals surface area contributed by atoms with E-state index in [9.17, 15) is 0 Å². The van der Waals surface area contributed by atoms with Crippen molar-refractivity contribution in [2.75, 3.05) is 20.2 Å². The van der Waals surface area contributed by atoms with Gasteiger partial charge >= 0.3 is 0 Å².